The minimum atomic E-state index is -0.668. The Balaban J connectivity index is 2.37. The summed E-state index contributed by atoms with van der Waals surface area (Å²) in [5.74, 6) is -0.585. The normalized spacial score (nSPS) is 18.2. The van der Waals surface area contributed by atoms with Crippen LogP contribution in [0.4, 0.5) is 11.4 Å². The fourth-order valence-electron chi connectivity index (χ4n) is 2.23. The van der Waals surface area contributed by atoms with E-state index in [0.717, 1.165) is 5.69 Å². The molecule has 0 bridgehead atoms. The molecule has 0 aromatic heterocycles. The average Bonchev–Trinajstić information content (AvgIpc) is 2.77. The van der Waals surface area contributed by atoms with Crippen molar-refractivity contribution in [3.63, 3.8) is 0 Å². The van der Waals surface area contributed by atoms with Gasteiger partial charge in [-0.2, -0.15) is 0 Å². The first-order valence-corrected chi connectivity index (χ1v) is 6.54. The molecule has 0 aliphatic carbocycles. The standard InChI is InChI=1S/C14H18N2O4/c1-3-20-14(19)9-4-5-11(15-2)12(6-9)16-8-10(17)7-13(16)18/h4-6,10,15,17H,3,7-8H2,1-2H3. The molecular formula is C14H18N2O4. The molecule has 1 aromatic rings. The van der Waals surface area contributed by atoms with Crippen LogP contribution in [0.3, 0.4) is 0 Å². The summed E-state index contributed by atoms with van der Waals surface area (Å²) in [4.78, 5) is 25.1. The first-order chi connectivity index (χ1) is 9.56. The molecule has 0 saturated carbocycles. The fraction of sp³-hybridized carbons (Fsp3) is 0.429. The number of esters is 1. The van der Waals surface area contributed by atoms with Crippen LogP contribution in [-0.2, 0) is 9.53 Å². The number of hydrogen-bond acceptors (Lipinski definition) is 5. The first kappa shape index (κ1) is 14.3. The van der Waals surface area contributed by atoms with Crippen molar-refractivity contribution in [2.24, 2.45) is 0 Å². The Labute approximate surface area is 117 Å². The zero-order chi connectivity index (χ0) is 14.7. The number of rotatable bonds is 4. The Morgan fingerprint density at radius 2 is 2.30 bits per heavy atom. The Hall–Kier alpha value is -2.08. The zero-order valence-electron chi connectivity index (χ0n) is 11.5. The summed E-state index contributed by atoms with van der Waals surface area (Å²) in [6, 6.07) is 4.98. The maximum absolute atomic E-state index is 11.9. The summed E-state index contributed by atoms with van der Waals surface area (Å²) in [6.07, 6.45) is -0.564. The van der Waals surface area contributed by atoms with Gasteiger partial charge < -0.3 is 20.1 Å². The van der Waals surface area contributed by atoms with Crippen LogP contribution in [0.1, 0.15) is 23.7 Å². The summed E-state index contributed by atoms with van der Waals surface area (Å²) in [7, 11) is 1.74. The van der Waals surface area contributed by atoms with E-state index < -0.39 is 12.1 Å². The lowest BCUT2D eigenvalue weighted by Crippen LogP contribution is -2.26. The number of nitrogens with zero attached hydrogens (tertiary/aromatic N) is 1. The van der Waals surface area contributed by atoms with E-state index in [-0.39, 0.29) is 18.9 Å². The van der Waals surface area contributed by atoms with Crippen molar-refractivity contribution in [2.75, 3.05) is 30.4 Å². The smallest absolute Gasteiger partial charge is 0.338 e. The molecule has 1 aliphatic rings. The van der Waals surface area contributed by atoms with Gasteiger partial charge in [0.1, 0.15) is 0 Å². The highest BCUT2D eigenvalue weighted by molar-refractivity contribution is 6.01. The molecule has 108 valence electrons. The number of aliphatic hydroxyl groups is 1. The zero-order valence-corrected chi connectivity index (χ0v) is 11.5. The van der Waals surface area contributed by atoms with Crippen molar-refractivity contribution in [3.05, 3.63) is 23.8 Å². The molecule has 20 heavy (non-hydrogen) atoms. The predicted molar refractivity (Wildman–Crippen MR) is 74.9 cm³/mol. The maximum atomic E-state index is 11.9. The van der Waals surface area contributed by atoms with Crippen molar-refractivity contribution in [3.8, 4) is 0 Å². The number of nitrogens with one attached hydrogen (secondary N) is 1. The predicted octanol–water partition coefficient (Wildman–Crippen LogP) is 1.00. The van der Waals surface area contributed by atoms with Crippen LogP contribution in [0.15, 0.2) is 18.2 Å². The summed E-state index contributed by atoms with van der Waals surface area (Å²) in [5, 5.41) is 12.6. The van der Waals surface area contributed by atoms with Gasteiger partial charge in [0, 0.05) is 7.05 Å². The minimum Gasteiger partial charge on any atom is -0.462 e. The van der Waals surface area contributed by atoms with Gasteiger partial charge in [-0.25, -0.2) is 4.79 Å². The quantitative estimate of drug-likeness (QED) is 0.803. The molecule has 0 radical (unpaired) electrons. The van der Waals surface area contributed by atoms with E-state index in [4.69, 9.17) is 4.74 Å². The van der Waals surface area contributed by atoms with E-state index in [2.05, 4.69) is 5.32 Å². The second kappa shape index (κ2) is 5.92. The molecule has 2 N–H and O–H groups in total. The van der Waals surface area contributed by atoms with Crippen molar-refractivity contribution in [2.45, 2.75) is 19.4 Å². The lowest BCUT2D eigenvalue weighted by molar-refractivity contribution is -0.117. The van der Waals surface area contributed by atoms with Crippen molar-refractivity contribution in [1.29, 1.82) is 0 Å². The molecule has 6 nitrogen and oxygen atoms in total. The number of hydrogen-bond donors (Lipinski definition) is 2. The summed E-state index contributed by atoms with van der Waals surface area (Å²) in [6.45, 7) is 2.27. The van der Waals surface area contributed by atoms with E-state index >= 15 is 0 Å². The van der Waals surface area contributed by atoms with Crippen LogP contribution in [0.5, 0.6) is 0 Å². The molecule has 2 rings (SSSR count). The molecule has 1 aromatic carbocycles. The molecule has 1 saturated heterocycles. The average molecular weight is 278 g/mol. The molecule has 6 heteroatoms. The van der Waals surface area contributed by atoms with Crippen LogP contribution in [-0.4, -0.2) is 43.3 Å². The number of carbonyl (C=O) groups excluding carboxylic acids is 2. The van der Waals surface area contributed by atoms with Gasteiger partial charge in [-0.05, 0) is 25.1 Å². The molecule has 1 fully saturated rings. The number of carbonyl (C=O) groups is 2. The van der Waals surface area contributed by atoms with Crippen LogP contribution in [0, 0.1) is 0 Å². The number of β-amino-alcohol motifs (C(OH)–C–C–N with tert-alkyl or cyclic N) is 1. The Morgan fingerprint density at radius 1 is 1.55 bits per heavy atom. The molecule has 1 aliphatic heterocycles. The SMILES string of the molecule is CCOC(=O)c1ccc(NC)c(N2CC(O)CC2=O)c1. The molecule has 1 atom stereocenters. The van der Waals surface area contributed by atoms with Gasteiger partial charge in [-0.1, -0.05) is 0 Å². The summed E-state index contributed by atoms with van der Waals surface area (Å²) < 4.78 is 4.95. The van der Waals surface area contributed by atoms with E-state index in [9.17, 15) is 14.7 Å². The van der Waals surface area contributed by atoms with Crippen LogP contribution < -0.4 is 10.2 Å². The molecule has 0 spiro atoms. The lowest BCUT2D eigenvalue weighted by atomic mass is 10.1. The highest BCUT2D eigenvalue weighted by Crippen LogP contribution is 2.30. The Kier molecular flexibility index (Phi) is 4.24. The third-order valence-corrected chi connectivity index (χ3v) is 3.17. The van der Waals surface area contributed by atoms with Gasteiger partial charge in [0.2, 0.25) is 5.91 Å². The lowest BCUT2D eigenvalue weighted by Gasteiger charge is -2.20. The highest BCUT2D eigenvalue weighted by Gasteiger charge is 2.30. The molecule has 1 heterocycles. The molecule has 1 unspecified atom stereocenters. The number of benzene rings is 1. The van der Waals surface area contributed by atoms with Crippen LogP contribution in [0.2, 0.25) is 0 Å². The van der Waals surface area contributed by atoms with E-state index in [1.165, 1.54) is 4.90 Å². The van der Waals surface area contributed by atoms with Crippen LogP contribution in [0.25, 0.3) is 0 Å². The largest absolute Gasteiger partial charge is 0.462 e. The number of anilines is 2. The topological polar surface area (TPSA) is 78.9 Å². The van der Waals surface area contributed by atoms with Gasteiger partial charge in [0.25, 0.3) is 0 Å². The van der Waals surface area contributed by atoms with E-state index in [1.54, 1.807) is 32.2 Å². The summed E-state index contributed by atoms with van der Waals surface area (Å²) in [5.41, 5.74) is 1.69. The fourth-order valence-corrected chi connectivity index (χ4v) is 2.23. The Bertz CT molecular complexity index is 530. The highest BCUT2D eigenvalue weighted by atomic mass is 16.5. The van der Waals surface area contributed by atoms with Gasteiger partial charge in [0.05, 0.1) is 42.6 Å². The Morgan fingerprint density at radius 3 is 2.85 bits per heavy atom. The van der Waals surface area contributed by atoms with Gasteiger partial charge in [0.15, 0.2) is 0 Å². The first-order valence-electron chi connectivity index (χ1n) is 6.54. The third kappa shape index (κ3) is 2.75. The second-order valence-corrected chi connectivity index (χ2v) is 4.56. The molecular weight excluding hydrogens is 260 g/mol. The number of aliphatic hydroxyl groups excluding tert-OH is 1. The minimum absolute atomic E-state index is 0.104. The summed E-state index contributed by atoms with van der Waals surface area (Å²) >= 11 is 0. The van der Waals surface area contributed by atoms with E-state index in [0.29, 0.717) is 17.9 Å². The van der Waals surface area contributed by atoms with Crippen molar-refractivity contribution in [1.82, 2.24) is 0 Å². The maximum Gasteiger partial charge on any atom is 0.338 e. The van der Waals surface area contributed by atoms with Gasteiger partial charge in [-0.3, -0.25) is 4.79 Å². The second-order valence-electron chi connectivity index (χ2n) is 4.56. The van der Waals surface area contributed by atoms with Crippen LogP contribution >= 0.6 is 0 Å². The molecule has 1 amide bonds. The number of ether oxygens (including phenoxy) is 1. The third-order valence-electron chi connectivity index (χ3n) is 3.17. The van der Waals surface area contributed by atoms with Crippen molar-refractivity contribution < 1.29 is 19.4 Å². The monoisotopic (exact) mass is 278 g/mol. The van der Waals surface area contributed by atoms with Gasteiger partial charge >= 0.3 is 5.97 Å². The van der Waals surface area contributed by atoms with Crippen molar-refractivity contribution >= 4 is 23.3 Å². The van der Waals surface area contributed by atoms with E-state index in [1.807, 2.05) is 0 Å². The number of amides is 1. The van der Waals surface area contributed by atoms with Gasteiger partial charge in [-0.15, -0.1) is 0 Å².